The molecule has 0 bridgehead atoms. The van der Waals surface area contributed by atoms with Gasteiger partial charge in [-0.15, -0.1) is 0 Å². The molecule has 0 aliphatic carbocycles. The summed E-state index contributed by atoms with van der Waals surface area (Å²) in [6.07, 6.45) is -2.24. The van der Waals surface area contributed by atoms with Gasteiger partial charge in [0.1, 0.15) is 0 Å². The summed E-state index contributed by atoms with van der Waals surface area (Å²) in [7, 11) is 0. The fraction of sp³-hybridized carbons (Fsp3) is 0.533. The van der Waals surface area contributed by atoms with Gasteiger partial charge < -0.3 is 16.0 Å². The van der Waals surface area contributed by atoms with Gasteiger partial charge in [0, 0.05) is 11.7 Å². The minimum absolute atomic E-state index is 0.00208. The second kappa shape index (κ2) is 7.00. The van der Waals surface area contributed by atoms with Crippen molar-refractivity contribution >= 4 is 11.7 Å². The molecule has 2 rings (SSSR count). The summed E-state index contributed by atoms with van der Waals surface area (Å²) in [5, 5.41) is 8.66. The second-order valence-electron chi connectivity index (χ2n) is 5.57. The first-order valence-electron chi connectivity index (χ1n) is 7.32. The number of carbonyl (C=O) groups excluding carboxylic acids is 1. The van der Waals surface area contributed by atoms with Crippen molar-refractivity contribution in [3.63, 3.8) is 0 Å². The number of alkyl halides is 3. The zero-order valence-electron chi connectivity index (χ0n) is 12.3. The number of piperidine rings is 1. The third kappa shape index (κ3) is 4.62. The Morgan fingerprint density at radius 2 is 2.00 bits per heavy atom. The van der Waals surface area contributed by atoms with Crippen molar-refractivity contribution in [2.75, 3.05) is 18.4 Å². The number of amides is 2. The highest BCUT2D eigenvalue weighted by Crippen LogP contribution is 2.29. The largest absolute Gasteiger partial charge is 0.416 e. The second-order valence-corrected chi connectivity index (χ2v) is 5.57. The van der Waals surface area contributed by atoms with E-state index in [1.165, 1.54) is 12.1 Å². The van der Waals surface area contributed by atoms with E-state index in [9.17, 15) is 18.0 Å². The minimum Gasteiger partial charge on any atom is -0.335 e. The van der Waals surface area contributed by atoms with Crippen LogP contribution in [0.5, 0.6) is 0 Å². The molecule has 2 amide bonds. The molecule has 1 heterocycles. The number of hydrogen-bond donors (Lipinski definition) is 3. The Morgan fingerprint density at radius 3 is 2.55 bits per heavy atom. The zero-order chi connectivity index (χ0) is 16.2. The van der Waals surface area contributed by atoms with Crippen LogP contribution in [0.15, 0.2) is 24.3 Å². The Hall–Kier alpha value is -1.76. The Morgan fingerprint density at radius 1 is 1.32 bits per heavy atom. The van der Waals surface area contributed by atoms with Gasteiger partial charge in [-0.25, -0.2) is 4.79 Å². The van der Waals surface area contributed by atoms with E-state index in [4.69, 9.17) is 0 Å². The van der Waals surface area contributed by atoms with Crippen molar-refractivity contribution in [1.29, 1.82) is 0 Å². The maximum atomic E-state index is 12.5. The molecule has 1 saturated heterocycles. The highest BCUT2D eigenvalue weighted by molar-refractivity contribution is 5.89. The Bertz CT molecular complexity index is 496. The predicted molar refractivity (Wildman–Crippen MR) is 78.7 cm³/mol. The first-order chi connectivity index (χ1) is 10.4. The molecule has 7 heteroatoms. The van der Waals surface area contributed by atoms with Gasteiger partial charge in [0.2, 0.25) is 0 Å². The molecule has 22 heavy (non-hydrogen) atoms. The Labute approximate surface area is 127 Å². The van der Waals surface area contributed by atoms with Gasteiger partial charge in [0.25, 0.3) is 0 Å². The molecule has 4 nitrogen and oxygen atoms in total. The maximum Gasteiger partial charge on any atom is 0.416 e. The number of rotatable bonds is 3. The lowest BCUT2D eigenvalue weighted by Crippen LogP contribution is -2.45. The van der Waals surface area contributed by atoms with Crippen molar-refractivity contribution in [3.05, 3.63) is 29.8 Å². The number of halogens is 3. The van der Waals surface area contributed by atoms with Gasteiger partial charge in [-0.05, 0) is 63.0 Å². The summed E-state index contributed by atoms with van der Waals surface area (Å²) < 4.78 is 37.4. The summed E-state index contributed by atoms with van der Waals surface area (Å²) in [4.78, 5) is 11.9. The molecule has 0 saturated carbocycles. The van der Waals surface area contributed by atoms with E-state index in [1.54, 1.807) is 0 Å². The van der Waals surface area contributed by atoms with Crippen molar-refractivity contribution < 1.29 is 18.0 Å². The van der Waals surface area contributed by atoms with Gasteiger partial charge >= 0.3 is 12.2 Å². The lowest BCUT2D eigenvalue weighted by Gasteiger charge is -2.28. The van der Waals surface area contributed by atoms with E-state index in [0.29, 0.717) is 11.6 Å². The smallest absolute Gasteiger partial charge is 0.335 e. The van der Waals surface area contributed by atoms with Crippen LogP contribution in [-0.4, -0.2) is 25.2 Å². The average Bonchev–Trinajstić information content (AvgIpc) is 2.47. The molecule has 1 aromatic rings. The molecule has 2 unspecified atom stereocenters. The summed E-state index contributed by atoms with van der Waals surface area (Å²) in [6, 6.07) is 3.98. The minimum atomic E-state index is -4.37. The highest BCUT2D eigenvalue weighted by atomic mass is 19.4. The zero-order valence-corrected chi connectivity index (χ0v) is 12.3. The number of hydrogen-bond acceptors (Lipinski definition) is 2. The predicted octanol–water partition coefficient (Wildman–Crippen LogP) is 3.22. The number of benzene rings is 1. The molecule has 1 aliphatic rings. The van der Waals surface area contributed by atoms with Crippen LogP contribution >= 0.6 is 0 Å². The number of urea groups is 1. The molecule has 2 atom stereocenters. The van der Waals surface area contributed by atoms with Crippen LogP contribution in [0.25, 0.3) is 0 Å². The van der Waals surface area contributed by atoms with E-state index < -0.39 is 17.8 Å². The lowest BCUT2D eigenvalue weighted by atomic mass is 9.93. The maximum absolute atomic E-state index is 12.5. The fourth-order valence-electron chi connectivity index (χ4n) is 2.54. The molecule has 1 aliphatic heterocycles. The van der Waals surface area contributed by atoms with Crippen LogP contribution in [-0.2, 0) is 6.18 Å². The van der Waals surface area contributed by atoms with Crippen LogP contribution in [0.3, 0.4) is 0 Å². The van der Waals surface area contributed by atoms with Crippen molar-refractivity contribution in [2.24, 2.45) is 5.92 Å². The molecule has 122 valence electrons. The molecule has 1 fully saturated rings. The van der Waals surface area contributed by atoms with Crippen molar-refractivity contribution in [3.8, 4) is 0 Å². The fourth-order valence-corrected chi connectivity index (χ4v) is 2.54. The molecule has 0 radical (unpaired) electrons. The summed E-state index contributed by atoms with van der Waals surface area (Å²) in [6.45, 7) is 3.80. The van der Waals surface area contributed by atoms with Crippen LogP contribution < -0.4 is 16.0 Å². The van der Waals surface area contributed by atoms with E-state index in [1.807, 2.05) is 6.92 Å². The monoisotopic (exact) mass is 315 g/mol. The number of carbonyl (C=O) groups is 1. The van der Waals surface area contributed by atoms with Gasteiger partial charge in [-0.1, -0.05) is 0 Å². The van der Waals surface area contributed by atoms with E-state index >= 15 is 0 Å². The third-order valence-electron chi connectivity index (χ3n) is 3.87. The normalized spacial score (nSPS) is 20.3. The summed E-state index contributed by atoms with van der Waals surface area (Å²) in [5.41, 5.74) is -0.403. The Kier molecular flexibility index (Phi) is 5.28. The SMILES string of the molecule is CC(NC(=O)Nc1ccc(C(F)(F)F)cc1)C1CCCNC1. The standard InChI is InChI=1S/C15H20F3N3O/c1-10(11-3-2-8-19-9-11)20-14(22)21-13-6-4-12(5-7-13)15(16,17)18/h4-7,10-11,19H,2-3,8-9H2,1H3,(H2,20,21,22). The topological polar surface area (TPSA) is 53.2 Å². The molecule has 3 N–H and O–H groups in total. The summed E-state index contributed by atoms with van der Waals surface area (Å²) in [5.74, 6) is 0.368. The van der Waals surface area contributed by atoms with Crippen LogP contribution in [0.1, 0.15) is 25.3 Å². The average molecular weight is 315 g/mol. The van der Waals surface area contributed by atoms with Crippen LogP contribution in [0.4, 0.5) is 23.7 Å². The van der Waals surface area contributed by atoms with Gasteiger partial charge in [-0.2, -0.15) is 13.2 Å². The van der Waals surface area contributed by atoms with Gasteiger partial charge in [-0.3, -0.25) is 0 Å². The Balaban J connectivity index is 1.86. The van der Waals surface area contributed by atoms with Crippen LogP contribution in [0.2, 0.25) is 0 Å². The van der Waals surface area contributed by atoms with E-state index in [-0.39, 0.29) is 6.04 Å². The van der Waals surface area contributed by atoms with E-state index in [0.717, 1.165) is 38.1 Å². The molecule has 1 aromatic carbocycles. The number of anilines is 1. The van der Waals surface area contributed by atoms with Gasteiger partial charge in [0.15, 0.2) is 0 Å². The van der Waals surface area contributed by atoms with Gasteiger partial charge in [0.05, 0.1) is 5.56 Å². The molecular formula is C15H20F3N3O. The van der Waals surface area contributed by atoms with Crippen molar-refractivity contribution in [2.45, 2.75) is 32.0 Å². The molecular weight excluding hydrogens is 295 g/mol. The van der Waals surface area contributed by atoms with Crippen molar-refractivity contribution in [1.82, 2.24) is 10.6 Å². The highest BCUT2D eigenvalue weighted by Gasteiger charge is 2.30. The quantitative estimate of drug-likeness (QED) is 0.802. The molecule has 0 aromatic heterocycles. The lowest BCUT2D eigenvalue weighted by molar-refractivity contribution is -0.137. The first kappa shape index (κ1) is 16.6. The third-order valence-corrected chi connectivity index (χ3v) is 3.87. The first-order valence-corrected chi connectivity index (χ1v) is 7.32. The molecule has 0 spiro atoms. The number of nitrogens with one attached hydrogen (secondary N) is 3. The van der Waals surface area contributed by atoms with E-state index in [2.05, 4.69) is 16.0 Å². The van der Waals surface area contributed by atoms with Crippen LogP contribution in [0, 0.1) is 5.92 Å². The summed E-state index contributed by atoms with van der Waals surface area (Å²) >= 11 is 0.